The molecule has 0 aliphatic heterocycles. The van der Waals surface area contributed by atoms with Gasteiger partial charge in [0.2, 0.25) is 0 Å². The molecule has 0 unspecified atom stereocenters. The van der Waals surface area contributed by atoms with E-state index in [2.05, 4.69) is 16.8 Å². The molecule has 0 atom stereocenters. The number of aryl methyl sites for hydroxylation is 1. The molecule has 1 aromatic carbocycles. The van der Waals surface area contributed by atoms with Gasteiger partial charge in [-0.1, -0.05) is 36.5 Å². The molecule has 17 heavy (non-hydrogen) atoms. The minimum atomic E-state index is 0.593. The van der Waals surface area contributed by atoms with E-state index >= 15 is 0 Å². The fraction of sp³-hybridized carbons (Fsp3) is 0.462. The first-order chi connectivity index (χ1) is 8.04. The Morgan fingerprint density at radius 3 is 2.65 bits per heavy atom. The van der Waals surface area contributed by atoms with Crippen LogP contribution < -0.4 is 0 Å². The Morgan fingerprint density at radius 2 is 2.06 bits per heavy atom. The quantitative estimate of drug-likeness (QED) is 0.561. The Balaban J connectivity index is 2.77. The molecule has 0 N–H and O–H groups in total. The number of hydrogen-bond acceptors (Lipinski definition) is 1. The van der Waals surface area contributed by atoms with E-state index in [1.807, 2.05) is 26.4 Å². The topological polar surface area (TPSA) is 15.6 Å². The van der Waals surface area contributed by atoms with E-state index < -0.39 is 0 Å². The van der Waals surface area contributed by atoms with Crippen molar-refractivity contribution in [3.05, 3.63) is 27.7 Å². The maximum Gasteiger partial charge on any atom is 0.0910 e. The maximum atomic E-state index is 6.11. The van der Waals surface area contributed by atoms with Crippen LogP contribution in [0.15, 0.2) is 17.1 Å². The van der Waals surface area contributed by atoms with E-state index in [0.29, 0.717) is 10.0 Å². The van der Waals surface area contributed by atoms with Crippen LogP contribution >= 0.6 is 23.2 Å². The van der Waals surface area contributed by atoms with Crippen molar-refractivity contribution >= 4 is 35.2 Å². The van der Waals surface area contributed by atoms with Crippen LogP contribution in [0.3, 0.4) is 0 Å². The predicted molar refractivity (Wildman–Crippen MR) is 76.9 cm³/mol. The largest absolute Gasteiger partial charge is 0.366 e. The van der Waals surface area contributed by atoms with Crippen LogP contribution in [0, 0.1) is 6.92 Å². The third-order valence-electron chi connectivity index (χ3n) is 2.47. The molecule has 0 aromatic heterocycles. The van der Waals surface area contributed by atoms with E-state index in [1.54, 1.807) is 6.07 Å². The van der Waals surface area contributed by atoms with Crippen LogP contribution in [0.4, 0.5) is 5.69 Å². The standard InChI is InChI=1S/C13H18Cl2N2/c1-4-5-6-17(3)9-16-13-10(2)7-11(14)8-12(13)15/h7-9H,4-6H2,1-3H3. The summed E-state index contributed by atoms with van der Waals surface area (Å²) in [6, 6.07) is 3.58. The molecule has 0 spiro atoms. The monoisotopic (exact) mass is 272 g/mol. The fourth-order valence-corrected chi connectivity index (χ4v) is 2.12. The highest BCUT2D eigenvalue weighted by molar-refractivity contribution is 6.36. The number of unbranched alkanes of at least 4 members (excludes halogenated alkanes) is 1. The second kappa shape index (κ2) is 6.87. The van der Waals surface area contributed by atoms with Gasteiger partial charge >= 0.3 is 0 Å². The Bertz CT molecular complexity index is 379. The summed E-state index contributed by atoms with van der Waals surface area (Å²) in [5, 5.41) is 1.24. The van der Waals surface area contributed by atoms with E-state index in [9.17, 15) is 0 Å². The van der Waals surface area contributed by atoms with Gasteiger partial charge in [0.05, 0.1) is 17.0 Å². The van der Waals surface area contributed by atoms with E-state index in [1.165, 1.54) is 6.42 Å². The van der Waals surface area contributed by atoms with Crippen molar-refractivity contribution in [2.75, 3.05) is 13.6 Å². The third-order valence-corrected chi connectivity index (χ3v) is 2.97. The highest BCUT2D eigenvalue weighted by Gasteiger charge is 2.04. The van der Waals surface area contributed by atoms with Gasteiger partial charge in [-0.3, -0.25) is 0 Å². The Morgan fingerprint density at radius 1 is 1.35 bits per heavy atom. The molecule has 2 nitrogen and oxygen atoms in total. The van der Waals surface area contributed by atoms with Gasteiger partial charge in [0.25, 0.3) is 0 Å². The number of benzene rings is 1. The maximum absolute atomic E-state index is 6.11. The summed E-state index contributed by atoms with van der Waals surface area (Å²) in [7, 11) is 2.01. The fourth-order valence-electron chi connectivity index (χ4n) is 1.48. The molecule has 0 fully saturated rings. The van der Waals surface area contributed by atoms with Gasteiger partial charge in [-0.15, -0.1) is 0 Å². The van der Waals surface area contributed by atoms with Crippen molar-refractivity contribution in [1.29, 1.82) is 0 Å². The number of hydrogen-bond donors (Lipinski definition) is 0. The minimum absolute atomic E-state index is 0.593. The van der Waals surface area contributed by atoms with Crippen molar-refractivity contribution in [3.63, 3.8) is 0 Å². The zero-order valence-corrected chi connectivity index (χ0v) is 12.0. The Hall–Kier alpha value is -0.730. The number of nitrogens with zero attached hydrogens (tertiary/aromatic N) is 2. The Kier molecular flexibility index (Phi) is 5.79. The first-order valence-corrected chi connectivity index (χ1v) is 6.50. The van der Waals surface area contributed by atoms with Gasteiger partial charge in [0.15, 0.2) is 0 Å². The summed E-state index contributed by atoms with van der Waals surface area (Å²) in [6.45, 7) is 5.13. The highest BCUT2D eigenvalue weighted by atomic mass is 35.5. The lowest BCUT2D eigenvalue weighted by atomic mass is 10.2. The van der Waals surface area contributed by atoms with Crippen LogP contribution in [0.5, 0.6) is 0 Å². The Labute approximate surface area is 113 Å². The zero-order valence-electron chi connectivity index (χ0n) is 10.5. The van der Waals surface area contributed by atoms with E-state index in [0.717, 1.165) is 24.2 Å². The zero-order chi connectivity index (χ0) is 12.8. The van der Waals surface area contributed by atoms with Crippen molar-refractivity contribution in [3.8, 4) is 0 Å². The molecule has 0 saturated carbocycles. The van der Waals surface area contributed by atoms with Gasteiger partial charge in [0, 0.05) is 18.6 Å². The average molecular weight is 273 g/mol. The third kappa shape index (κ3) is 4.57. The van der Waals surface area contributed by atoms with Crippen molar-refractivity contribution in [1.82, 2.24) is 4.90 Å². The molecule has 0 aliphatic carbocycles. The summed E-state index contributed by atoms with van der Waals surface area (Å²) in [5.74, 6) is 0. The van der Waals surface area contributed by atoms with Crippen LogP contribution in [0.25, 0.3) is 0 Å². The molecule has 0 aliphatic rings. The molecule has 1 aromatic rings. The lowest BCUT2D eigenvalue weighted by molar-refractivity contribution is 0.497. The SMILES string of the molecule is CCCCN(C)C=Nc1c(C)cc(Cl)cc1Cl. The number of aliphatic imine (C=N–C) groups is 1. The van der Waals surface area contributed by atoms with Gasteiger partial charge in [-0.05, 0) is 31.0 Å². The van der Waals surface area contributed by atoms with Crippen molar-refractivity contribution in [2.24, 2.45) is 4.99 Å². The molecule has 1 rings (SSSR count). The molecule has 0 bridgehead atoms. The van der Waals surface area contributed by atoms with E-state index in [-0.39, 0.29) is 0 Å². The smallest absolute Gasteiger partial charge is 0.0910 e. The first-order valence-electron chi connectivity index (χ1n) is 5.74. The van der Waals surface area contributed by atoms with E-state index in [4.69, 9.17) is 23.2 Å². The van der Waals surface area contributed by atoms with Gasteiger partial charge in [-0.25, -0.2) is 4.99 Å². The van der Waals surface area contributed by atoms with Crippen LogP contribution in [0.1, 0.15) is 25.3 Å². The molecule has 0 heterocycles. The van der Waals surface area contributed by atoms with Crippen LogP contribution in [0.2, 0.25) is 10.0 Å². The van der Waals surface area contributed by atoms with Crippen LogP contribution in [-0.2, 0) is 0 Å². The number of halogens is 2. The highest BCUT2D eigenvalue weighted by Crippen LogP contribution is 2.31. The molecule has 4 heteroatoms. The summed E-state index contributed by atoms with van der Waals surface area (Å²) in [6.07, 6.45) is 4.16. The molecule has 0 radical (unpaired) electrons. The molecule has 0 saturated heterocycles. The minimum Gasteiger partial charge on any atom is -0.366 e. The normalized spacial score (nSPS) is 11.1. The molecule has 94 valence electrons. The summed E-state index contributed by atoms with van der Waals surface area (Å²) >= 11 is 12.0. The second-order valence-corrected chi connectivity index (χ2v) is 4.98. The van der Waals surface area contributed by atoms with Gasteiger partial charge in [0.1, 0.15) is 0 Å². The summed E-state index contributed by atoms with van der Waals surface area (Å²) in [4.78, 5) is 6.47. The molecular weight excluding hydrogens is 255 g/mol. The lowest BCUT2D eigenvalue weighted by Crippen LogP contribution is -2.16. The second-order valence-electron chi connectivity index (χ2n) is 4.13. The average Bonchev–Trinajstić information content (AvgIpc) is 2.24. The summed E-state index contributed by atoms with van der Waals surface area (Å²) < 4.78 is 0. The van der Waals surface area contributed by atoms with Crippen molar-refractivity contribution < 1.29 is 0 Å². The lowest BCUT2D eigenvalue weighted by Gasteiger charge is -2.12. The number of rotatable bonds is 5. The first kappa shape index (κ1) is 14.3. The molecule has 0 amide bonds. The van der Waals surface area contributed by atoms with Crippen molar-refractivity contribution in [2.45, 2.75) is 26.7 Å². The predicted octanol–water partition coefficient (Wildman–Crippen LogP) is 4.69. The van der Waals surface area contributed by atoms with Gasteiger partial charge < -0.3 is 4.90 Å². The van der Waals surface area contributed by atoms with Crippen LogP contribution in [-0.4, -0.2) is 24.8 Å². The summed E-state index contributed by atoms with van der Waals surface area (Å²) in [5.41, 5.74) is 1.78. The van der Waals surface area contributed by atoms with Gasteiger partial charge in [-0.2, -0.15) is 0 Å². The molecular formula is C13H18Cl2N2.